The van der Waals surface area contributed by atoms with Crippen LogP contribution in [0.4, 0.5) is 10.6 Å². The van der Waals surface area contributed by atoms with Crippen LogP contribution in [0.1, 0.15) is 25.3 Å². The molecule has 0 bridgehead atoms. The van der Waals surface area contributed by atoms with Crippen LogP contribution in [0, 0.1) is 0 Å². The van der Waals surface area contributed by atoms with Crippen molar-refractivity contribution in [1.82, 2.24) is 9.88 Å². The van der Waals surface area contributed by atoms with Crippen LogP contribution in [0.25, 0.3) is 0 Å². The molecule has 0 unspecified atom stereocenters. The number of likely N-dealkylation sites (tertiary alicyclic amines) is 1. The largest absolute Gasteiger partial charge is 0.449 e. The molecular formula is C21H28ClN3O2. The van der Waals surface area contributed by atoms with Crippen molar-refractivity contribution in [1.29, 1.82) is 0 Å². The summed E-state index contributed by atoms with van der Waals surface area (Å²) in [6, 6.07) is 16.4. The molecule has 1 aromatic heterocycles. The molecule has 0 atom stereocenters. The van der Waals surface area contributed by atoms with Crippen LogP contribution in [-0.2, 0) is 11.2 Å². The van der Waals surface area contributed by atoms with Crippen LogP contribution in [0.15, 0.2) is 54.7 Å². The Morgan fingerprint density at radius 1 is 1.15 bits per heavy atom. The third-order valence-corrected chi connectivity index (χ3v) is 4.84. The third-order valence-electron chi connectivity index (χ3n) is 4.84. The average molecular weight is 390 g/mol. The molecule has 1 amide bonds. The number of rotatable bonds is 6. The quantitative estimate of drug-likeness (QED) is 0.743. The highest BCUT2D eigenvalue weighted by Gasteiger charge is 2.30. The van der Waals surface area contributed by atoms with Gasteiger partial charge in [0.05, 0.1) is 6.61 Å². The highest BCUT2D eigenvalue weighted by Crippen LogP contribution is 2.23. The first-order valence-electron chi connectivity index (χ1n) is 9.41. The molecule has 0 spiro atoms. The van der Waals surface area contributed by atoms with Crippen molar-refractivity contribution in [3.05, 3.63) is 60.3 Å². The monoisotopic (exact) mass is 389 g/mol. The molecule has 146 valence electrons. The number of ether oxygens (including phenoxy) is 1. The number of hydrogen-bond acceptors (Lipinski definition) is 4. The van der Waals surface area contributed by atoms with Crippen molar-refractivity contribution in [2.24, 2.45) is 0 Å². The van der Waals surface area contributed by atoms with Gasteiger partial charge in [0.15, 0.2) is 0 Å². The van der Waals surface area contributed by atoms with Gasteiger partial charge in [0.1, 0.15) is 5.82 Å². The zero-order chi connectivity index (χ0) is 18.2. The smallest absolute Gasteiger partial charge is 0.415 e. The Kier molecular flexibility index (Phi) is 8.55. The summed E-state index contributed by atoms with van der Waals surface area (Å²) in [6.07, 6.45) is 4.35. The van der Waals surface area contributed by atoms with E-state index in [1.165, 1.54) is 5.56 Å². The van der Waals surface area contributed by atoms with Gasteiger partial charge in [-0.15, -0.1) is 12.4 Å². The van der Waals surface area contributed by atoms with Crippen molar-refractivity contribution < 1.29 is 9.53 Å². The van der Waals surface area contributed by atoms with E-state index in [-0.39, 0.29) is 24.5 Å². The molecule has 0 radical (unpaired) electrons. The third kappa shape index (κ3) is 5.94. The van der Waals surface area contributed by atoms with E-state index in [0.29, 0.717) is 12.4 Å². The Morgan fingerprint density at radius 2 is 1.85 bits per heavy atom. The molecule has 5 nitrogen and oxygen atoms in total. The Balaban J connectivity index is 0.00000261. The molecule has 0 saturated carbocycles. The average Bonchev–Trinajstić information content (AvgIpc) is 2.69. The summed E-state index contributed by atoms with van der Waals surface area (Å²) in [7, 11) is 0. The predicted octanol–water partition coefficient (Wildman–Crippen LogP) is 4.17. The normalized spacial score (nSPS) is 15.0. The second-order valence-corrected chi connectivity index (χ2v) is 6.57. The van der Waals surface area contributed by atoms with E-state index in [4.69, 9.17) is 4.74 Å². The van der Waals surface area contributed by atoms with Crippen molar-refractivity contribution in [3.63, 3.8) is 0 Å². The fourth-order valence-electron chi connectivity index (χ4n) is 3.45. The van der Waals surface area contributed by atoms with Crippen LogP contribution in [-0.4, -0.2) is 48.3 Å². The molecular weight excluding hydrogens is 362 g/mol. The molecule has 2 aromatic rings. The fourth-order valence-corrected chi connectivity index (χ4v) is 3.45. The topological polar surface area (TPSA) is 45.7 Å². The second kappa shape index (κ2) is 10.9. The molecule has 3 rings (SSSR count). The van der Waals surface area contributed by atoms with E-state index in [1.807, 2.05) is 25.1 Å². The molecule has 2 heterocycles. The summed E-state index contributed by atoms with van der Waals surface area (Å²) in [5.41, 5.74) is 1.37. The minimum atomic E-state index is -0.297. The maximum absolute atomic E-state index is 12.5. The summed E-state index contributed by atoms with van der Waals surface area (Å²) < 4.78 is 5.28. The van der Waals surface area contributed by atoms with Gasteiger partial charge in [-0.1, -0.05) is 36.4 Å². The van der Waals surface area contributed by atoms with E-state index in [2.05, 4.69) is 40.2 Å². The van der Waals surface area contributed by atoms with Gasteiger partial charge >= 0.3 is 6.09 Å². The molecule has 1 aromatic carbocycles. The highest BCUT2D eigenvalue weighted by molar-refractivity contribution is 5.87. The Morgan fingerprint density at radius 3 is 2.48 bits per heavy atom. The number of anilines is 1. The van der Waals surface area contributed by atoms with Gasteiger partial charge in [-0.3, -0.25) is 4.90 Å². The van der Waals surface area contributed by atoms with Gasteiger partial charge in [-0.2, -0.15) is 0 Å². The van der Waals surface area contributed by atoms with Crippen LogP contribution in [0.5, 0.6) is 0 Å². The van der Waals surface area contributed by atoms with E-state index in [9.17, 15) is 4.79 Å². The van der Waals surface area contributed by atoms with Crippen LogP contribution in [0.2, 0.25) is 0 Å². The fraction of sp³-hybridized carbons (Fsp3) is 0.429. The lowest BCUT2D eigenvalue weighted by Gasteiger charge is -2.37. The Bertz CT molecular complexity index is 676. The first kappa shape index (κ1) is 21.2. The van der Waals surface area contributed by atoms with E-state index in [0.717, 1.165) is 38.9 Å². The lowest BCUT2D eigenvalue weighted by molar-refractivity contribution is 0.149. The minimum Gasteiger partial charge on any atom is -0.449 e. The number of benzene rings is 1. The first-order valence-corrected chi connectivity index (χ1v) is 9.41. The van der Waals surface area contributed by atoms with Gasteiger partial charge in [-0.05, 0) is 43.9 Å². The Hall–Kier alpha value is -2.11. The van der Waals surface area contributed by atoms with Crippen LogP contribution >= 0.6 is 12.4 Å². The standard InChI is InChI=1S/C21H27N3O2.ClH/c1-2-26-21(25)24(20-10-6-7-14-22-20)19-12-16-23(17-13-19)15-11-18-8-4-3-5-9-18;/h3-10,14,19H,2,11-13,15-17H2,1H3;1H. The zero-order valence-electron chi connectivity index (χ0n) is 15.8. The summed E-state index contributed by atoms with van der Waals surface area (Å²) in [6.45, 7) is 5.24. The van der Waals surface area contributed by atoms with Gasteiger partial charge < -0.3 is 9.64 Å². The van der Waals surface area contributed by atoms with Gasteiger partial charge in [0.2, 0.25) is 0 Å². The number of carbonyl (C=O) groups excluding carboxylic acids is 1. The summed E-state index contributed by atoms with van der Waals surface area (Å²) in [5.74, 6) is 0.675. The molecule has 1 saturated heterocycles. The van der Waals surface area contributed by atoms with Crippen molar-refractivity contribution in [3.8, 4) is 0 Å². The van der Waals surface area contributed by atoms with E-state index >= 15 is 0 Å². The molecule has 6 heteroatoms. The van der Waals surface area contributed by atoms with E-state index in [1.54, 1.807) is 11.1 Å². The number of hydrogen-bond donors (Lipinski definition) is 0. The minimum absolute atomic E-state index is 0. The summed E-state index contributed by atoms with van der Waals surface area (Å²) in [4.78, 5) is 21.1. The van der Waals surface area contributed by atoms with Crippen LogP contribution in [0.3, 0.4) is 0 Å². The lowest BCUT2D eigenvalue weighted by Crippen LogP contribution is -2.48. The van der Waals surface area contributed by atoms with Crippen molar-refractivity contribution in [2.75, 3.05) is 31.1 Å². The van der Waals surface area contributed by atoms with E-state index < -0.39 is 0 Å². The van der Waals surface area contributed by atoms with Gasteiger partial charge in [0, 0.05) is 31.9 Å². The maximum atomic E-state index is 12.5. The molecule has 1 fully saturated rings. The number of nitrogens with zero attached hydrogens (tertiary/aromatic N) is 3. The number of halogens is 1. The summed E-state index contributed by atoms with van der Waals surface area (Å²) in [5, 5.41) is 0. The van der Waals surface area contributed by atoms with Crippen molar-refractivity contribution in [2.45, 2.75) is 32.2 Å². The second-order valence-electron chi connectivity index (χ2n) is 6.57. The predicted molar refractivity (Wildman–Crippen MR) is 111 cm³/mol. The summed E-state index contributed by atoms with van der Waals surface area (Å²) >= 11 is 0. The molecule has 1 aliphatic rings. The zero-order valence-corrected chi connectivity index (χ0v) is 16.6. The number of pyridine rings is 1. The highest BCUT2D eigenvalue weighted by atomic mass is 35.5. The van der Waals surface area contributed by atoms with Gasteiger partial charge in [0.25, 0.3) is 0 Å². The first-order chi connectivity index (χ1) is 12.8. The number of carbonyl (C=O) groups is 1. The maximum Gasteiger partial charge on any atom is 0.415 e. The van der Waals surface area contributed by atoms with Gasteiger partial charge in [-0.25, -0.2) is 9.78 Å². The lowest BCUT2D eigenvalue weighted by atomic mass is 10.0. The molecule has 0 N–H and O–H groups in total. The molecule has 1 aliphatic heterocycles. The number of aromatic nitrogens is 1. The molecule has 27 heavy (non-hydrogen) atoms. The Labute approximate surface area is 167 Å². The SMILES string of the molecule is CCOC(=O)N(c1ccccn1)C1CCN(CCc2ccccc2)CC1.Cl. The molecule has 0 aliphatic carbocycles. The van der Waals surface area contributed by atoms with Crippen molar-refractivity contribution >= 4 is 24.3 Å². The number of amides is 1. The number of piperidine rings is 1. The van der Waals surface area contributed by atoms with Crippen LogP contribution < -0.4 is 4.90 Å².